The molecule has 6 nitrogen and oxygen atoms in total. The van der Waals surface area contributed by atoms with Gasteiger partial charge in [-0.1, -0.05) is 66.5 Å². The molecule has 1 aliphatic heterocycles. The zero-order valence-corrected chi connectivity index (χ0v) is 21.3. The number of hydrogen-bond acceptors (Lipinski definition) is 4. The zero-order chi connectivity index (χ0) is 25.8. The minimum absolute atomic E-state index is 0.183. The third-order valence-electron chi connectivity index (χ3n) is 5.83. The molecule has 1 saturated heterocycles. The Kier molecular flexibility index (Phi) is 7.77. The van der Waals surface area contributed by atoms with Crippen LogP contribution in [0.1, 0.15) is 36.1 Å². The van der Waals surface area contributed by atoms with Crippen LogP contribution in [-0.4, -0.2) is 24.5 Å². The van der Waals surface area contributed by atoms with Gasteiger partial charge in [-0.2, -0.15) is 0 Å². The molecule has 3 aromatic rings. The quantitative estimate of drug-likeness (QED) is 0.295. The predicted molar refractivity (Wildman–Crippen MR) is 142 cm³/mol. The fraction of sp³-hybridized carbons (Fsp3) is 0.179. The lowest BCUT2D eigenvalue weighted by Gasteiger charge is -2.28. The number of urea groups is 1. The molecule has 1 aliphatic rings. The number of rotatable bonds is 7. The summed E-state index contributed by atoms with van der Waals surface area (Å²) in [6.45, 7) is 4.17. The molecular weight excluding hydrogens is 499 g/mol. The summed E-state index contributed by atoms with van der Waals surface area (Å²) >= 11 is 13.0. The second-order valence-electron chi connectivity index (χ2n) is 8.12. The van der Waals surface area contributed by atoms with Crippen molar-refractivity contribution in [2.45, 2.75) is 26.7 Å². The van der Waals surface area contributed by atoms with E-state index in [1.807, 2.05) is 44.2 Å². The smallest absolute Gasteiger partial charge is 0.335 e. The predicted octanol–water partition coefficient (Wildman–Crippen LogP) is 6.21. The van der Waals surface area contributed by atoms with Gasteiger partial charge in [-0.3, -0.25) is 14.9 Å². The minimum atomic E-state index is -0.786. The van der Waals surface area contributed by atoms with E-state index in [0.29, 0.717) is 46.5 Å². The van der Waals surface area contributed by atoms with Crippen molar-refractivity contribution in [3.8, 4) is 5.75 Å². The monoisotopic (exact) mass is 522 g/mol. The van der Waals surface area contributed by atoms with Crippen LogP contribution in [0.2, 0.25) is 10.0 Å². The lowest BCUT2D eigenvalue weighted by Crippen LogP contribution is -2.54. The van der Waals surface area contributed by atoms with Gasteiger partial charge >= 0.3 is 6.03 Å². The standard InChI is InChI=1S/C28H24Cl2N2O4/c1-3-18-9-6-8-12-24(18)32-27(34)21(26(33)31-28(32)35)13-17-14-23(30)20(25(15-17)36-4-2)16-19-10-5-7-11-22(19)29/h5-15H,3-4,16H2,1-2H3,(H,31,33,35)/b21-13-. The number of carbonyl (C=O) groups is 3. The Morgan fingerprint density at radius 1 is 0.917 bits per heavy atom. The summed E-state index contributed by atoms with van der Waals surface area (Å²) in [5, 5.41) is 3.28. The van der Waals surface area contributed by atoms with Crippen LogP contribution < -0.4 is 15.0 Å². The highest BCUT2D eigenvalue weighted by Gasteiger charge is 2.37. The number of hydrogen-bond donors (Lipinski definition) is 1. The maximum Gasteiger partial charge on any atom is 0.335 e. The lowest BCUT2D eigenvalue weighted by molar-refractivity contribution is -0.122. The summed E-state index contributed by atoms with van der Waals surface area (Å²) < 4.78 is 5.84. The van der Waals surface area contributed by atoms with Crippen LogP contribution in [0.25, 0.3) is 6.08 Å². The number of anilines is 1. The van der Waals surface area contributed by atoms with Crippen molar-refractivity contribution in [2.24, 2.45) is 0 Å². The van der Waals surface area contributed by atoms with Crippen LogP contribution >= 0.6 is 23.2 Å². The van der Waals surface area contributed by atoms with E-state index in [0.717, 1.165) is 21.6 Å². The number of amides is 4. The van der Waals surface area contributed by atoms with Gasteiger partial charge in [0.05, 0.1) is 12.3 Å². The zero-order valence-electron chi connectivity index (χ0n) is 19.8. The van der Waals surface area contributed by atoms with Gasteiger partial charge in [0.25, 0.3) is 11.8 Å². The Hall–Kier alpha value is -3.61. The van der Waals surface area contributed by atoms with E-state index < -0.39 is 17.8 Å². The fourth-order valence-electron chi connectivity index (χ4n) is 4.07. The summed E-state index contributed by atoms with van der Waals surface area (Å²) in [4.78, 5) is 39.6. The van der Waals surface area contributed by atoms with E-state index in [1.165, 1.54) is 6.08 Å². The first-order valence-corrected chi connectivity index (χ1v) is 12.3. The minimum Gasteiger partial charge on any atom is -0.494 e. The maximum atomic E-state index is 13.4. The van der Waals surface area contributed by atoms with E-state index in [4.69, 9.17) is 27.9 Å². The van der Waals surface area contributed by atoms with Crippen LogP contribution in [0, 0.1) is 0 Å². The molecule has 0 unspecified atom stereocenters. The number of aryl methyl sites for hydroxylation is 1. The largest absolute Gasteiger partial charge is 0.494 e. The first kappa shape index (κ1) is 25.5. The maximum absolute atomic E-state index is 13.4. The molecule has 1 N–H and O–H groups in total. The van der Waals surface area contributed by atoms with Gasteiger partial charge in [-0.05, 0) is 60.4 Å². The van der Waals surface area contributed by atoms with Gasteiger partial charge in [-0.25, -0.2) is 9.69 Å². The molecule has 4 rings (SSSR count). The molecule has 3 aromatic carbocycles. The summed E-state index contributed by atoms with van der Waals surface area (Å²) in [5.74, 6) is -0.965. The number of carbonyl (C=O) groups excluding carboxylic acids is 3. The molecule has 0 bridgehead atoms. The topological polar surface area (TPSA) is 75.7 Å². The molecule has 1 fully saturated rings. The average molecular weight is 523 g/mol. The normalized spacial score (nSPS) is 14.8. The first-order chi connectivity index (χ1) is 17.3. The summed E-state index contributed by atoms with van der Waals surface area (Å²) in [6, 6.07) is 17.1. The Balaban J connectivity index is 1.74. The van der Waals surface area contributed by atoms with Crippen molar-refractivity contribution in [3.63, 3.8) is 0 Å². The number of barbiturate groups is 1. The Labute approximate surface area is 219 Å². The lowest BCUT2D eigenvalue weighted by atomic mass is 10.00. The van der Waals surface area contributed by atoms with E-state index >= 15 is 0 Å². The molecule has 0 spiro atoms. The molecule has 36 heavy (non-hydrogen) atoms. The highest BCUT2D eigenvalue weighted by Crippen LogP contribution is 2.34. The van der Waals surface area contributed by atoms with Crippen LogP contribution in [-0.2, 0) is 22.4 Å². The number of imide groups is 2. The number of para-hydroxylation sites is 1. The Bertz CT molecular complexity index is 1380. The summed E-state index contributed by atoms with van der Waals surface area (Å²) in [5.41, 5.74) is 3.17. The average Bonchev–Trinajstić information content (AvgIpc) is 2.85. The van der Waals surface area contributed by atoms with Gasteiger partial charge in [0.1, 0.15) is 11.3 Å². The molecule has 0 aromatic heterocycles. The number of nitrogens with zero attached hydrogens (tertiary/aromatic N) is 1. The van der Waals surface area contributed by atoms with Gasteiger partial charge in [0.15, 0.2) is 0 Å². The van der Waals surface area contributed by atoms with Crippen molar-refractivity contribution >= 4 is 52.8 Å². The second-order valence-corrected chi connectivity index (χ2v) is 8.94. The molecule has 1 heterocycles. The molecule has 184 valence electrons. The number of benzene rings is 3. The van der Waals surface area contributed by atoms with Crippen molar-refractivity contribution < 1.29 is 19.1 Å². The van der Waals surface area contributed by atoms with Gasteiger partial charge in [-0.15, -0.1) is 0 Å². The van der Waals surface area contributed by atoms with Crippen molar-refractivity contribution in [1.82, 2.24) is 5.32 Å². The van der Waals surface area contributed by atoms with E-state index in [2.05, 4.69) is 5.32 Å². The first-order valence-electron chi connectivity index (χ1n) is 11.5. The molecule has 0 atom stereocenters. The number of nitrogens with one attached hydrogen (secondary N) is 1. The van der Waals surface area contributed by atoms with Gasteiger partial charge in [0.2, 0.25) is 0 Å². The number of halogens is 2. The molecule has 0 radical (unpaired) electrons. The van der Waals surface area contributed by atoms with E-state index in [9.17, 15) is 14.4 Å². The van der Waals surface area contributed by atoms with Crippen LogP contribution in [0.3, 0.4) is 0 Å². The highest BCUT2D eigenvalue weighted by molar-refractivity contribution is 6.39. The van der Waals surface area contributed by atoms with Gasteiger partial charge in [0, 0.05) is 22.0 Å². The van der Waals surface area contributed by atoms with E-state index in [-0.39, 0.29) is 5.57 Å². The SMILES string of the molecule is CCOc1cc(/C=C2/C(=O)NC(=O)N(c3ccccc3CC)C2=O)cc(Cl)c1Cc1ccccc1Cl. The molecule has 8 heteroatoms. The fourth-order valence-corrected chi connectivity index (χ4v) is 4.56. The third kappa shape index (κ3) is 5.15. The van der Waals surface area contributed by atoms with Crippen molar-refractivity contribution in [1.29, 1.82) is 0 Å². The Morgan fingerprint density at radius 2 is 1.61 bits per heavy atom. The summed E-state index contributed by atoms with van der Waals surface area (Å²) in [6.07, 6.45) is 2.47. The van der Waals surface area contributed by atoms with Crippen LogP contribution in [0.5, 0.6) is 5.75 Å². The van der Waals surface area contributed by atoms with Crippen LogP contribution in [0.15, 0.2) is 66.2 Å². The third-order valence-corrected chi connectivity index (χ3v) is 6.53. The summed E-state index contributed by atoms with van der Waals surface area (Å²) in [7, 11) is 0. The molecule has 4 amide bonds. The van der Waals surface area contributed by atoms with Crippen molar-refractivity contribution in [3.05, 3.63) is 98.5 Å². The second kappa shape index (κ2) is 11.0. The van der Waals surface area contributed by atoms with Gasteiger partial charge < -0.3 is 4.74 Å². The molecular formula is C28H24Cl2N2O4. The molecule has 0 aliphatic carbocycles. The van der Waals surface area contributed by atoms with Crippen LogP contribution in [0.4, 0.5) is 10.5 Å². The van der Waals surface area contributed by atoms with Crippen molar-refractivity contribution in [2.75, 3.05) is 11.5 Å². The highest BCUT2D eigenvalue weighted by atomic mass is 35.5. The molecule has 0 saturated carbocycles. The number of ether oxygens (including phenoxy) is 1. The Morgan fingerprint density at radius 3 is 2.31 bits per heavy atom. The van der Waals surface area contributed by atoms with E-state index in [1.54, 1.807) is 30.3 Å².